The van der Waals surface area contributed by atoms with Crippen molar-refractivity contribution in [3.8, 4) is 0 Å². The Balaban J connectivity index is 2.23. The van der Waals surface area contributed by atoms with E-state index in [1.54, 1.807) is 6.07 Å². The first-order valence-corrected chi connectivity index (χ1v) is 6.79. The van der Waals surface area contributed by atoms with Crippen LogP contribution in [0.2, 0.25) is 5.02 Å². The molecule has 1 saturated heterocycles. The summed E-state index contributed by atoms with van der Waals surface area (Å²) >= 11 is 6.13. The molecule has 100 valence electrons. The van der Waals surface area contributed by atoms with Crippen LogP contribution in [0.5, 0.6) is 0 Å². The van der Waals surface area contributed by atoms with E-state index in [1.807, 2.05) is 0 Å². The fourth-order valence-corrected chi connectivity index (χ4v) is 2.97. The molecule has 2 N–H and O–H groups in total. The topological polar surface area (TPSA) is 29.3 Å². The maximum atomic E-state index is 13.1. The summed E-state index contributed by atoms with van der Waals surface area (Å²) < 4.78 is 13.1. The molecule has 18 heavy (non-hydrogen) atoms. The molecule has 0 amide bonds. The van der Waals surface area contributed by atoms with Crippen LogP contribution in [0.3, 0.4) is 0 Å². The van der Waals surface area contributed by atoms with E-state index in [0.29, 0.717) is 23.4 Å². The molecular formula is C14H20ClFN2. The van der Waals surface area contributed by atoms with E-state index in [-0.39, 0.29) is 11.9 Å². The molecule has 1 heterocycles. The van der Waals surface area contributed by atoms with Gasteiger partial charge in [-0.1, -0.05) is 31.5 Å². The second kappa shape index (κ2) is 5.55. The van der Waals surface area contributed by atoms with Crippen molar-refractivity contribution in [3.05, 3.63) is 34.6 Å². The molecule has 1 aliphatic heterocycles. The monoisotopic (exact) mass is 270 g/mol. The van der Waals surface area contributed by atoms with E-state index in [1.165, 1.54) is 12.1 Å². The minimum Gasteiger partial charge on any atom is -0.329 e. The highest BCUT2D eigenvalue weighted by Gasteiger charge is 2.31. The highest BCUT2D eigenvalue weighted by Crippen LogP contribution is 2.33. The Kier molecular flexibility index (Phi) is 4.25. The van der Waals surface area contributed by atoms with E-state index in [4.69, 9.17) is 17.3 Å². The molecule has 0 saturated carbocycles. The molecule has 0 radical (unpaired) electrons. The summed E-state index contributed by atoms with van der Waals surface area (Å²) in [6, 6.07) is 4.66. The third kappa shape index (κ3) is 2.68. The lowest BCUT2D eigenvalue weighted by Gasteiger charge is -2.27. The lowest BCUT2D eigenvalue weighted by molar-refractivity contribution is 0.240. The van der Waals surface area contributed by atoms with E-state index in [0.717, 1.165) is 18.7 Å². The van der Waals surface area contributed by atoms with Gasteiger partial charge in [-0.15, -0.1) is 0 Å². The molecule has 4 heteroatoms. The van der Waals surface area contributed by atoms with Crippen molar-refractivity contribution in [2.45, 2.75) is 19.9 Å². The third-order valence-corrected chi connectivity index (χ3v) is 4.33. The molecule has 3 unspecified atom stereocenters. The van der Waals surface area contributed by atoms with Gasteiger partial charge >= 0.3 is 0 Å². The largest absolute Gasteiger partial charge is 0.329 e. The molecule has 0 aromatic heterocycles. The lowest BCUT2D eigenvalue weighted by Crippen LogP contribution is -2.32. The summed E-state index contributed by atoms with van der Waals surface area (Å²) in [5.41, 5.74) is 6.82. The van der Waals surface area contributed by atoms with Gasteiger partial charge in [-0.05, 0) is 29.5 Å². The quantitative estimate of drug-likeness (QED) is 0.915. The van der Waals surface area contributed by atoms with Crippen LogP contribution in [0.1, 0.15) is 25.5 Å². The van der Waals surface area contributed by atoms with Crippen molar-refractivity contribution in [1.82, 2.24) is 4.90 Å². The van der Waals surface area contributed by atoms with Gasteiger partial charge in [-0.3, -0.25) is 4.90 Å². The molecule has 2 nitrogen and oxygen atoms in total. The molecule has 2 rings (SSSR count). The summed E-state index contributed by atoms with van der Waals surface area (Å²) in [5.74, 6) is 1.03. The second-order valence-corrected chi connectivity index (χ2v) is 5.73. The number of nitrogens with zero attached hydrogens (tertiary/aromatic N) is 1. The fraction of sp³-hybridized carbons (Fsp3) is 0.571. The minimum absolute atomic E-state index is 0.0884. The van der Waals surface area contributed by atoms with E-state index in [9.17, 15) is 4.39 Å². The lowest BCUT2D eigenvalue weighted by atomic mass is 10.0. The van der Waals surface area contributed by atoms with Gasteiger partial charge < -0.3 is 5.73 Å². The normalized spacial score (nSPS) is 26.5. The van der Waals surface area contributed by atoms with Gasteiger partial charge in [0.15, 0.2) is 0 Å². The maximum absolute atomic E-state index is 13.1. The zero-order valence-electron chi connectivity index (χ0n) is 10.9. The van der Waals surface area contributed by atoms with Crippen molar-refractivity contribution in [1.29, 1.82) is 0 Å². The molecule has 0 spiro atoms. The van der Waals surface area contributed by atoms with Gasteiger partial charge in [-0.2, -0.15) is 0 Å². The number of hydrogen-bond donors (Lipinski definition) is 1. The summed E-state index contributed by atoms with van der Waals surface area (Å²) in [6.45, 7) is 7.06. The van der Waals surface area contributed by atoms with Crippen LogP contribution >= 0.6 is 11.6 Å². The maximum Gasteiger partial charge on any atom is 0.124 e. The molecule has 3 atom stereocenters. The molecule has 1 aliphatic rings. The van der Waals surface area contributed by atoms with Crippen LogP contribution in [-0.4, -0.2) is 24.5 Å². The van der Waals surface area contributed by atoms with Gasteiger partial charge in [0.05, 0.1) is 0 Å². The van der Waals surface area contributed by atoms with Crippen molar-refractivity contribution < 1.29 is 4.39 Å². The summed E-state index contributed by atoms with van der Waals surface area (Å²) in [7, 11) is 0. The molecule has 1 aromatic carbocycles. The van der Waals surface area contributed by atoms with Gasteiger partial charge in [0.2, 0.25) is 0 Å². The average Bonchev–Trinajstić information content (AvgIpc) is 2.63. The van der Waals surface area contributed by atoms with Crippen LogP contribution in [0, 0.1) is 17.7 Å². The number of rotatable bonds is 3. The van der Waals surface area contributed by atoms with E-state index < -0.39 is 0 Å². The van der Waals surface area contributed by atoms with E-state index in [2.05, 4.69) is 18.7 Å². The molecular weight excluding hydrogens is 251 g/mol. The first-order valence-electron chi connectivity index (χ1n) is 6.42. The molecule has 0 bridgehead atoms. The van der Waals surface area contributed by atoms with E-state index >= 15 is 0 Å². The van der Waals surface area contributed by atoms with Crippen molar-refractivity contribution in [2.24, 2.45) is 17.6 Å². The second-order valence-electron chi connectivity index (χ2n) is 5.33. The number of nitrogens with two attached hydrogens (primary N) is 1. The smallest absolute Gasteiger partial charge is 0.124 e. The average molecular weight is 271 g/mol. The van der Waals surface area contributed by atoms with Gasteiger partial charge in [0, 0.05) is 30.7 Å². The third-order valence-electron chi connectivity index (χ3n) is 4.00. The number of likely N-dealkylation sites (tertiary alicyclic amines) is 1. The van der Waals surface area contributed by atoms with Crippen molar-refractivity contribution >= 4 is 11.6 Å². The predicted octanol–water partition coefficient (Wildman–Crippen LogP) is 3.07. The zero-order valence-corrected chi connectivity index (χ0v) is 11.6. The minimum atomic E-state index is -0.303. The Bertz CT molecular complexity index is 414. The number of halogens is 2. The highest BCUT2D eigenvalue weighted by atomic mass is 35.5. The Morgan fingerprint density at radius 1 is 1.39 bits per heavy atom. The first-order chi connectivity index (χ1) is 8.52. The fourth-order valence-electron chi connectivity index (χ4n) is 2.67. The molecule has 1 fully saturated rings. The highest BCUT2D eigenvalue weighted by molar-refractivity contribution is 6.31. The first kappa shape index (κ1) is 13.8. The van der Waals surface area contributed by atoms with Crippen molar-refractivity contribution in [3.63, 3.8) is 0 Å². The Morgan fingerprint density at radius 3 is 2.50 bits per heavy atom. The van der Waals surface area contributed by atoms with Crippen LogP contribution in [0.4, 0.5) is 4.39 Å². The Hall–Kier alpha value is -0.640. The number of hydrogen-bond acceptors (Lipinski definition) is 2. The standard InChI is InChI=1S/C14H20ClFN2/c1-9-7-18(8-10(9)2)14(6-17)12-4-3-11(16)5-13(12)15/h3-5,9-10,14H,6-8,17H2,1-2H3. The Morgan fingerprint density at radius 2 is 2.00 bits per heavy atom. The zero-order chi connectivity index (χ0) is 13.3. The van der Waals surface area contributed by atoms with Gasteiger partial charge in [-0.25, -0.2) is 4.39 Å². The predicted molar refractivity (Wildman–Crippen MR) is 73.1 cm³/mol. The van der Waals surface area contributed by atoms with Crippen LogP contribution in [0.25, 0.3) is 0 Å². The Labute approximate surface area is 113 Å². The van der Waals surface area contributed by atoms with Crippen LogP contribution in [-0.2, 0) is 0 Å². The summed E-state index contributed by atoms with van der Waals surface area (Å²) in [5, 5.41) is 0.470. The number of benzene rings is 1. The van der Waals surface area contributed by atoms with Crippen LogP contribution in [0.15, 0.2) is 18.2 Å². The van der Waals surface area contributed by atoms with Gasteiger partial charge in [0.25, 0.3) is 0 Å². The summed E-state index contributed by atoms with van der Waals surface area (Å²) in [4.78, 5) is 2.36. The van der Waals surface area contributed by atoms with Crippen LogP contribution < -0.4 is 5.73 Å². The SMILES string of the molecule is CC1CN(C(CN)c2ccc(F)cc2Cl)CC1C. The van der Waals surface area contributed by atoms with Crippen molar-refractivity contribution in [2.75, 3.05) is 19.6 Å². The molecule has 0 aliphatic carbocycles. The molecule has 1 aromatic rings. The summed E-state index contributed by atoms with van der Waals surface area (Å²) in [6.07, 6.45) is 0. The van der Waals surface area contributed by atoms with Gasteiger partial charge in [0.1, 0.15) is 5.82 Å².